The number of nitrogens with one attached hydrogen (secondary N) is 1. The highest BCUT2D eigenvalue weighted by Gasteiger charge is 2.30. The first kappa shape index (κ1) is 14.8. The molecule has 0 radical (unpaired) electrons. The number of carbonyl (C=O) groups is 3. The summed E-state index contributed by atoms with van der Waals surface area (Å²) in [6.07, 6.45) is 0. The highest BCUT2D eigenvalue weighted by atomic mass is 16.5. The topological polar surface area (TPSA) is 95.9 Å². The fraction of sp³-hybridized carbons (Fsp3) is 0.357. The Morgan fingerprint density at radius 1 is 1.38 bits per heavy atom. The number of hydrogen-bond donors (Lipinski definition) is 2. The van der Waals surface area contributed by atoms with Gasteiger partial charge in [-0.15, -0.1) is 0 Å². The lowest BCUT2D eigenvalue weighted by molar-refractivity contribution is -0.126. The number of ether oxygens (including phenoxy) is 1. The van der Waals surface area contributed by atoms with Gasteiger partial charge in [0.15, 0.2) is 5.75 Å². The summed E-state index contributed by atoms with van der Waals surface area (Å²) < 4.78 is 5.40. The van der Waals surface area contributed by atoms with Crippen LogP contribution < -0.4 is 15.0 Å². The normalized spacial score (nSPS) is 14.7. The number of nitrogens with zero attached hydrogens (tertiary/aromatic N) is 1. The summed E-state index contributed by atoms with van der Waals surface area (Å²) in [5, 5.41) is 11.7. The van der Waals surface area contributed by atoms with Gasteiger partial charge in [-0.3, -0.25) is 9.59 Å². The van der Waals surface area contributed by atoms with E-state index in [4.69, 9.17) is 9.84 Å². The summed E-state index contributed by atoms with van der Waals surface area (Å²) in [5.41, 5.74) is 0.417. The molecular formula is C14H16N2O5. The molecule has 1 heterocycles. The number of carboxylic acid groups (broad SMARTS) is 1. The maximum absolute atomic E-state index is 12.4. The molecule has 1 aliphatic rings. The highest BCUT2D eigenvalue weighted by molar-refractivity contribution is 6.02. The minimum absolute atomic E-state index is 0.0113. The molecule has 1 aliphatic heterocycles. The van der Waals surface area contributed by atoms with Gasteiger partial charge in [-0.05, 0) is 19.1 Å². The Morgan fingerprint density at radius 3 is 2.71 bits per heavy atom. The van der Waals surface area contributed by atoms with Gasteiger partial charge in [0, 0.05) is 6.92 Å². The first-order valence-corrected chi connectivity index (χ1v) is 6.49. The van der Waals surface area contributed by atoms with E-state index in [9.17, 15) is 14.4 Å². The van der Waals surface area contributed by atoms with E-state index in [2.05, 4.69) is 5.32 Å². The zero-order valence-electron chi connectivity index (χ0n) is 11.8. The van der Waals surface area contributed by atoms with Crippen molar-refractivity contribution in [3.8, 4) is 5.75 Å². The van der Waals surface area contributed by atoms with Crippen molar-refractivity contribution in [2.24, 2.45) is 0 Å². The highest BCUT2D eigenvalue weighted by Crippen LogP contribution is 2.35. The van der Waals surface area contributed by atoms with Crippen LogP contribution in [0.4, 0.5) is 5.69 Å². The number of aromatic carboxylic acids is 1. The smallest absolute Gasteiger partial charge is 0.339 e. The first-order valence-electron chi connectivity index (χ1n) is 6.49. The van der Waals surface area contributed by atoms with Crippen LogP contribution in [0.15, 0.2) is 18.2 Å². The third-order valence-electron chi connectivity index (χ3n) is 3.13. The van der Waals surface area contributed by atoms with Gasteiger partial charge in [0.1, 0.15) is 18.2 Å². The van der Waals surface area contributed by atoms with Crippen molar-refractivity contribution in [1.82, 2.24) is 5.32 Å². The molecule has 0 fully saturated rings. The zero-order chi connectivity index (χ0) is 15.6. The maximum atomic E-state index is 12.4. The maximum Gasteiger partial charge on any atom is 0.339 e. The summed E-state index contributed by atoms with van der Waals surface area (Å²) in [4.78, 5) is 36.1. The van der Waals surface area contributed by atoms with Crippen LogP contribution in [0.5, 0.6) is 5.75 Å². The van der Waals surface area contributed by atoms with Gasteiger partial charge in [-0.25, -0.2) is 4.79 Å². The van der Waals surface area contributed by atoms with E-state index in [1.165, 1.54) is 17.9 Å². The zero-order valence-corrected chi connectivity index (χ0v) is 11.8. The molecule has 7 nitrogen and oxygen atoms in total. The van der Waals surface area contributed by atoms with Gasteiger partial charge in [-0.1, -0.05) is 6.07 Å². The number of anilines is 1. The Balaban J connectivity index is 2.34. The minimum Gasteiger partial charge on any atom is -0.489 e. The number of benzene rings is 1. The standard InChI is InChI=1S/C14H16N2O5/c1-8(15-9(2)17)13(18)16-6-7-21-12-10(14(19)20)4-3-5-11(12)16/h3-5,8H,6-7H2,1-2H3,(H,15,17)(H,19,20). The lowest BCUT2D eigenvalue weighted by Gasteiger charge is -2.32. The Labute approximate surface area is 121 Å². The van der Waals surface area contributed by atoms with Crippen LogP contribution in [-0.4, -0.2) is 42.1 Å². The van der Waals surface area contributed by atoms with Crippen LogP contribution >= 0.6 is 0 Å². The number of carboxylic acids is 1. The second kappa shape index (κ2) is 5.82. The third-order valence-corrected chi connectivity index (χ3v) is 3.13. The van der Waals surface area contributed by atoms with Gasteiger partial charge < -0.3 is 20.1 Å². The molecular weight excluding hydrogens is 276 g/mol. The molecule has 0 aliphatic carbocycles. The van der Waals surface area contributed by atoms with Gasteiger partial charge in [0.2, 0.25) is 11.8 Å². The predicted molar refractivity (Wildman–Crippen MR) is 74.5 cm³/mol. The monoisotopic (exact) mass is 292 g/mol. The second-order valence-corrected chi connectivity index (χ2v) is 4.72. The molecule has 7 heteroatoms. The molecule has 1 atom stereocenters. The fourth-order valence-corrected chi connectivity index (χ4v) is 2.25. The molecule has 0 spiro atoms. The summed E-state index contributed by atoms with van der Waals surface area (Å²) in [7, 11) is 0. The quantitative estimate of drug-likeness (QED) is 0.852. The Kier molecular flexibility index (Phi) is 4.11. The Bertz CT molecular complexity index is 599. The molecule has 112 valence electrons. The molecule has 0 saturated heterocycles. The van der Waals surface area contributed by atoms with Crippen LogP contribution in [0, 0.1) is 0 Å². The Hall–Kier alpha value is -2.57. The van der Waals surface area contributed by atoms with E-state index >= 15 is 0 Å². The molecule has 1 unspecified atom stereocenters. The summed E-state index contributed by atoms with van der Waals surface area (Å²) in [6.45, 7) is 3.42. The number of carbonyl (C=O) groups excluding carboxylic acids is 2. The molecule has 2 rings (SSSR count). The predicted octanol–water partition coefficient (Wildman–Crippen LogP) is 0.635. The minimum atomic E-state index is -1.11. The van der Waals surface area contributed by atoms with E-state index < -0.39 is 12.0 Å². The van der Waals surface area contributed by atoms with Crippen LogP contribution in [-0.2, 0) is 9.59 Å². The second-order valence-electron chi connectivity index (χ2n) is 4.72. The lowest BCUT2D eigenvalue weighted by Crippen LogP contribution is -2.49. The van der Waals surface area contributed by atoms with Gasteiger partial charge in [0.25, 0.3) is 0 Å². The molecule has 0 saturated carbocycles. The SMILES string of the molecule is CC(=O)NC(C)C(=O)N1CCOc2c(C(=O)O)cccc21. The van der Waals surface area contributed by atoms with Crippen molar-refractivity contribution >= 4 is 23.5 Å². The summed E-state index contributed by atoms with van der Waals surface area (Å²) >= 11 is 0. The molecule has 1 aromatic rings. The van der Waals surface area contributed by atoms with Gasteiger partial charge in [0.05, 0.1) is 12.2 Å². The van der Waals surface area contributed by atoms with Gasteiger partial charge >= 0.3 is 5.97 Å². The number of hydrogen-bond acceptors (Lipinski definition) is 4. The van der Waals surface area contributed by atoms with Crippen molar-refractivity contribution in [3.05, 3.63) is 23.8 Å². The largest absolute Gasteiger partial charge is 0.489 e. The molecule has 2 N–H and O–H groups in total. The molecule has 21 heavy (non-hydrogen) atoms. The third kappa shape index (κ3) is 2.96. The van der Waals surface area contributed by atoms with Crippen LogP contribution in [0.2, 0.25) is 0 Å². The first-order chi connectivity index (χ1) is 9.91. The lowest BCUT2D eigenvalue weighted by atomic mass is 10.1. The van der Waals surface area contributed by atoms with Crippen LogP contribution in [0.3, 0.4) is 0 Å². The van der Waals surface area contributed by atoms with Gasteiger partial charge in [-0.2, -0.15) is 0 Å². The number of fused-ring (bicyclic) bond motifs is 1. The summed E-state index contributed by atoms with van der Waals surface area (Å²) in [6, 6.07) is 3.91. The van der Waals surface area contributed by atoms with Crippen LogP contribution in [0.25, 0.3) is 0 Å². The molecule has 0 aromatic heterocycles. The van der Waals surface area contributed by atoms with E-state index in [0.717, 1.165) is 0 Å². The fourth-order valence-electron chi connectivity index (χ4n) is 2.25. The number of rotatable bonds is 3. The average molecular weight is 292 g/mol. The number of para-hydroxylation sites is 1. The van der Waals surface area contributed by atoms with E-state index in [1.54, 1.807) is 19.1 Å². The van der Waals surface area contributed by atoms with E-state index in [-0.39, 0.29) is 29.7 Å². The van der Waals surface area contributed by atoms with Crippen LogP contribution in [0.1, 0.15) is 24.2 Å². The average Bonchev–Trinajstić information content (AvgIpc) is 2.44. The van der Waals surface area contributed by atoms with E-state index in [1.807, 2.05) is 0 Å². The molecule has 1 aromatic carbocycles. The van der Waals surface area contributed by atoms with Crippen molar-refractivity contribution in [2.75, 3.05) is 18.1 Å². The number of amides is 2. The Morgan fingerprint density at radius 2 is 2.10 bits per heavy atom. The summed E-state index contributed by atoms with van der Waals surface area (Å²) in [5.74, 6) is -1.54. The van der Waals surface area contributed by atoms with Crippen molar-refractivity contribution in [1.29, 1.82) is 0 Å². The van der Waals surface area contributed by atoms with Crippen molar-refractivity contribution in [3.63, 3.8) is 0 Å². The van der Waals surface area contributed by atoms with Crippen molar-refractivity contribution < 1.29 is 24.2 Å². The molecule has 2 amide bonds. The van der Waals surface area contributed by atoms with Crippen molar-refractivity contribution in [2.45, 2.75) is 19.9 Å². The van der Waals surface area contributed by atoms with E-state index in [0.29, 0.717) is 12.2 Å². The molecule has 0 bridgehead atoms.